The Bertz CT molecular complexity index is 882. The van der Waals surface area contributed by atoms with Crippen molar-refractivity contribution in [1.29, 1.82) is 0 Å². The number of nitrogens with zero attached hydrogens (tertiary/aromatic N) is 3. The van der Waals surface area contributed by atoms with Crippen LogP contribution in [0.4, 0.5) is 0 Å². The van der Waals surface area contributed by atoms with Crippen LogP contribution in [0.15, 0.2) is 53.5 Å². The minimum Gasteiger partial charge on any atom is -0.317 e. The number of fused-ring (bicyclic) bond motifs is 1. The van der Waals surface area contributed by atoms with Crippen LogP contribution < -0.4 is 10.9 Å². The Labute approximate surface area is 134 Å². The maximum Gasteiger partial charge on any atom is 0.274 e. The van der Waals surface area contributed by atoms with E-state index in [4.69, 9.17) is 5.10 Å². The Morgan fingerprint density at radius 1 is 1.00 bits per heavy atom. The molecule has 4 rings (SSSR count). The summed E-state index contributed by atoms with van der Waals surface area (Å²) in [6, 6.07) is 13.6. The predicted molar refractivity (Wildman–Crippen MR) is 90.4 cm³/mol. The molecule has 5 heteroatoms. The summed E-state index contributed by atoms with van der Waals surface area (Å²) in [5, 5.41) is 9.61. The van der Waals surface area contributed by atoms with Gasteiger partial charge in [0.15, 0.2) is 0 Å². The molecule has 23 heavy (non-hydrogen) atoms. The van der Waals surface area contributed by atoms with E-state index in [1.165, 1.54) is 0 Å². The summed E-state index contributed by atoms with van der Waals surface area (Å²) in [7, 11) is 0. The standard InChI is InChI=1S/C18H18N4O/c23-18-15-6-2-1-5-14(15)17(16-7-3-4-10-20-16)21-22(18)13-8-11-19-12-9-13/h1-7,10,13,19H,8-9,11-12H2. The summed E-state index contributed by atoms with van der Waals surface area (Å²) < 4.78 is 1.67. The topological polar surface area (TPSA) is 59.8 Å². The molecule has 1 aromatic carbocycles. The lowest BCUT2D eigenvalue weighted by Crippen LogP contribution is -2.35. The van der Waals surface area contributed by atoms with Gasteiger partial charge in [0.05, 0.1) is 17.1 Å². The molecule has 3 heterocycles. The minimum absolute atomic E-state index is 0.00724. The summed E-state index contributed by atoms with van der Waals surface area (Å²) in [5.74, 6) is 0. The van der Waals surface area contributed by atoms with Crippen LogP contribution in [0, 0.1) is 0 Å². The number of piperidine rings is 1. The molecule has 0 spiro atoms. The van der Waals surface area contributed by atoms with Crippen LogP contribution in [-0.4, -0.2) is 27.9 Å². The van der Waals surface area contributed by atoms with E-state index in [-0.39, 0.29) is 11.6 Å². The summed E-state index contributed by atoms with van der Waals surface area (Å²) in [4.78, 5) is 17.3. The van der Waals surface area contributed by atoms with Crippen molar-refractivity contribution >= 4 is 10.8 Å². The Balaban J connectivity index is 1.98. The van der Waals surface area contributed by atoms with Crippen molar-refractivity contribution < 1.29 is 0 Å². The zero-order valence-corrected chi connectivity index (χ0v) is 12.8. The molecule has 2 aromatic heterocycles. The molecule has 0 atom stereocenters. The number of benzene rings is 1. The van der Waals surface area contributed by atoms with Crippen LogP contribution in [0.25, 0.3) is 22.2 Å². The Morgan fingerprint density at radius 2 is 1.74 bits per heavy atom. The Morgan fingerprint density at radius 3 is 2.48 bits per heavy atom. The van der Waals surface area contributed by atoms with Crippen molar-refractivity contribution in [3.63, 3.8) is 0 Å². The van der Waals surface area contributed by atoms with E-state index in [9.17, 15) is 4.79 Å². The minimum atomic E-state index is -0.00724. The van der Waals surface area contributed by atoms with Gasteiger partial charge in [-0.2, -0.15) is 5.10 Å². The van der Waals surface area contributed by atoms with Crippen LogP contribution in [0.3, 0.4) is 0 Å². The van der Waals surface area contributed by atoms with Gasteiger partial charge in [0.2, 0.25) is 0 Å². The third-order valence-corrected chi connectivity index (χ3v) is 4.39. The largest absolute Gasteiger partial charge is 0.317 e. The van der Waals surface area contributed by atoms with Gasteiger partial charge in [0, 0.05) is 11.6 Å². The highest BCUT2D eigenvalue weighted by atomic mass is 16.1. The van der Waals surface area contributed by atoms with E-state index < -0.39 is 0 Å². The molecule has 0 unspecified atom stereocenters. The molecular weight excluding hydrogens is 288 g/mol. The fourth-order valence-corrected chi connectivity index (χ4v) is 3.20. The van der Waals surface area contributed by atoms with Gasteiger partial charge in [-0.1, -0.05) is 24.3 Å². The lowest BCUT2D eigenvalue weighted by Gasteiger charge is -2.24. The molecule has 1 N–H and O–H groups in total. The maximum absolute atomic E-state index is 12.9. The number of pyridine rings is 1. The molecule has 0 aliphatic carbocycles. The molecule has 1 saturated heterocycles. The number of rotatable bonds is 2. The number of aromatic nitrogens is 3. The molecular formula is C18H18N4O. The van der Waals surface area contributed by atoms with Crippen LogP contribution in [-0.2, 0) is 0 Å². The van der Waals surface area contributed by atoms with Crippen LogP contribution in [0.5, 0.6) is 0 Å². The van der Waals surface area contributed by atoms with Gasteiger partial charge >= 0.3 is 0 Å². The molecule has 0 radical (unpaired) electrons. The van der Waals surface area contributed by atoms with E-state index in [0.29, 0.717) is 5.39 Å². The lowest BCUT2D eigenvalue weighted by atomic mass is 10.1. The summed E-state index contributed by atoms with van der Waals surface area (Å²) in [6.07, 6.45) is 3.60. The lowest BCUT2D eigenvalue weighted by molar-refractivity contribution is 0.334. The molecule has 1 aliphatic heterocycles. The fraction of sp³-hybridized carbons (Fsp3) is 0.278. The molecule has 1 aliphatic rings. The van der Waals surface area contributed by atoms with Gasteiger partial charge in [-0.25, -0.2) is 4.68 Å². The SMILES string of the molecule is O=c1c2ccccc2c(-c2ccccn2)nn1C1CCNCC1. The van der Waals surface area contributed by atoms with Crippen molar-refractivity contribution in [1.82, 2.24) is 20.1 Å². The van der Waals surface area contributed by atoms with Crippen molar-refractivity contribution in [2.24, 2.45) is 0 Å². The summed E-state index contributed by atoms with van der Waals surface area (Å²) in [6.45, 7) is 1.84. The van der Waals surface area contributed by atoms with Crippen molar-refractivity contribution in [2.45, 2.75) is 18.9 Å². The molecule has 5 nitrogen and oxygen atoms in total. The highest BCUT2D eigenvalue weighted by Gasteiger charge is 2.20. The third kappa shape index (κ3) is 2.53. The molecule has 0 amide bonds. The highest BCUT2D eigenvalue weighted by Crippen LogP contribution is 2.25. The van der Waals surface area contributed by atoms with Gasteiger partial charge in [0.1, 0.15) is 5.69 Å². The van der Waals surface area contributed by atoms with Gasteiger partial charge in [-0.05, 0) is 44.1 Å². The van der Waals surface area contributed by atoms with Crippen LogP contribution >= 0.6 is 0 Å². The molecule has 116 valence electrons. The van der Waals surface area contributed by atoms with Crippen molar-refractivity contribution in [3.05, 3.63) is 59.0 Å². The van der Waals surface area contributed by atoms with E-state index in [1.807, 2.05) is 42.5 Å². The normalized spacial score (nSPS) is 15.8. The highest BCUT2D eigenvalue weighted by molar-refractivity contribution is 5.92. The fourth-order valence-electron chi connectivity index (χ4n) is 3.20. The van der Waals surface area contributed by atoms with Gasteiger partial charge in [-0.3, -0.25) is 9.78 Å². The molecule has 0 saturated carbocycles. The first-order valence-corrected chi connectivity index (χ1v) is 7.98. The smallest absolute Gasteiger partial charge is 0.274 e. The first kappa shape index (κ1) is 14.1. The van der Waals surface area contributed by atoms with E-state index in [2.05, 4.69) is 10.3 Å². The van der Waals surface area contributed by atoms with Crippen molar-refractivity contribution in [2.75, 3.05) is 13.1 Å². The predicted octanol–water partition coefficient (Wildman–Crippen LogP) is 2.38. The quantitative estimate of drug-likeness (QED) is 0.790. The van der Waals surface area contributed by atoms with E-state index in [1.54, 1.807) is 10.9 Å². The second-order valence-corrected chi connectivity index (χ2v) is 5.84. The summed E-state index contributed by atoms with van der Waals surface area (Å²) >= 11 is 0. The molecule has 0 bridgehead atoms. The van der Waals surface area contributed by atoms with Crippen molar-refractivity contribution in [3.8, 4) is 11.4 Å². The first-order chi connectivity index (χ1) is 11.3. The Hall–Kier alpha value is -2.53. The van der Waals surface area contributed by atoms with Gasteiger partial charge < -0.3 is 5.32 Å². The zero-order chi connectivity index (χ0) is 15.6. The second-order valence-electron chi connectivity index (χ2n) is 5.84. The first-order valence-electron chi connectivity index (χ1n) is 7.98. The zero-order valence-electron chi connectivity index (χ0n) is 12.8. The monoisotopic (exact) mass is 306 g/mol. The van der Waals surface area contributed by atoms with E-state index >= 15 is 0 Å². The number of hydrogen-bond donors (Lipinski definition) is 1. The number of hydrogen-bond acceptors (Lipinski definition) is 4. The van der Waals surface area contributed by atoms with E-state index in [0.717, 1.165) is 42.7 Å². The average Bonchev–Trinajstić information content (AvgIpc) is 2.64. The Kier molecular flexibility index (Phi) is 3.63. The maximum atomic E-state index is 12.9. The number of nitrogens with one attached hydrogen (secondary N) is 1. The third-order valence-electron chi connectivity index (χ3n) is 4.39. The average molecular weight is 306 g/mol. The second kappa shape index (κ2) is 5.93. The van der Waals surface area contributed by atoms with Gasteiger partial charge in [0.25, 0.3) is 5.56 Å². The summed E-state index contributed by atoms with van der Waals surface area (Å²) in [5.41, 5.74) is 1.57. The molecule has 3 aromatic rings. The van der Waals surface area contributed by atoms with Crippen LogP contribution in [0.2, 0.25) is 0 Å². The van der Waals surface area contributed by atoms with Gasteiger partial charge in [-0.15, -0.1) is 0 Å². The molecule has 1 fully saturated rings. The van der Waals surface area contributed by atoms with Crippen LogP contribution in [0.1, 0.15) is 18.9 Å².